The summed E-state index contributed by atoms with van der Waals surface area (Å²) in [5.74, 6) is -0.306. The molecule has 0 bridgehead atoms. The highest BCUT2D eigenvalue weighted by Gasteiger charge is 2.11. The Hall–Kier alpha value is -1.42. The van der Waals surface area contributed by atoms with E-state index in [1.54, 1.807) is 12.4 Å². The van der Waals surface area contributed by atoms with Gasteiger partial charge in [0.2, 0.25) is 0 Å². The van der Waals surface area contributed by atoms with Gasteiger partial charge in [-0.05, 0) is 18.1 Å². The summed E-state index contributed by atoms with van der Waals surface area (Å²) < 4.78 is 4.53. The molecule has 0 saturated heterocycles. The van der Waals surface area contributed by atoms with E-state index in [0.29, 0.717) is 0 Å². The van der Waals surface area contributed by atoms with Crippen molar-refractivity contribution in [1.29, 1.82) is 0 Å². The third-order valence-electron chi connectivity index (χ3n) is 1.94. The van der Waals surface area contributed by atoms with Crippen LogP contribution in [0.4, 0.5) is 0 Å². The van der Waals surface area contributed by atoms with Crippen molar-refractivity contribution in [2.75, 3.05) is 7.11 Å². The molecular weight excluding hydrogens is 180 g/mol. The second kappa shape index (κ2) is 4.72. The number of aromatic nitrogens is 1. The van der Waals surface area contributed by atoms with Crippen molar-refractivity contribution < 1.29 is 9.53 Å². The molecular formula is C10H14N2O2. The molecule has 1 heterocycles. The minimum atomic E-state index is -0.338. The van der Waals surface area contributed by atoms with Gasteiger partial charge in [-0.1, -0.05) is 6.07 Å². The van der Waals surface area contributed by atoms with Gasteiger partial charge in [-0.3, -0.25) is 9.78 Å². The molecule has 2 N–H and O–H groups in total. The van der Waals surface area contributed by atoms with Crippen LogP contribution in [-0.2, 0) is 9.53 Å². The Kier molecular flexibility index (Phi) is 3.59. The average molecular weight is 194 g/mol. The van der Waals surface area contributed by atoms with Crippen molar-refractivity contribution in [3.8, 4) is 0 Å². The zero-order valence-electron chi connectivity index (χ0n) is 8.36. The fourth-order valence-corrected chi connectivity index (χ4v) is 1.16. The Morgan fingerprint density at radius 2 is 2.36 bits per heavy atom. The van der Waals surface area contributed by atoms with Gasteiger partial charge in [0.1, 0.15) is 0 Å². The Morgan fingerprint density at radius 3 is 2.93 bits per heavy atom. The van der Waals surface area contributed by atoms with E-state index < -0.39 is 0 Å². The lowest BCUT2D eigenvalue weighted by molar-refractivity contribution is -0.141. The van der Waals surface area contributed by atoms with E-state index in [9.17, 15) is 4.79 Å². The van der Waals surface area contributed by atoms with E-state index in [1.165, 1.54) is 7.11 Å². The van der Waals surface area contributed by atoms with E-state index in [2.05, 4.69) is 9.72 Å². The van der Waals surface area contributed by atoms with Gasteiger partial charge in [-0.25, -0.2) is 0 Å². The van der Waals surface area contributed by atoms with Crippen LogP contribution in [0.15, 0.2) is 18.5 Å². The van der Waals surface area contributed by atoms with Crippen molar-refractivity contribution in [2.24, 2.45) is 5.73 Å². The number of aryl methyl sites for hydroxylation is 1. The molecule has 4 heteroatoms. The number of esters is 1. The Bertz CT molecular complexity index is 326. The largest absolute Gasteiger partial charge is 0.469 e. The highest BCUT2D eigenvalue weighted by atomic mass is 16.5. The van der Waals surface area contributed by atoms with E-state index >= 15 is 0 Å². The third kappa shape index (κ3) is 2.81. The number of hydrogen-bond donors (Lipinski definition) is 1. The number of hydrogen-bond acceptors (Lipinski definition) is 4. The maximum atomic E-state index is 11.0. The van der Waals surface area contributed by atoms with E-state index in [4.69, 9.17) is 5.73 Å². The standard InChI is InChI=1S/C10H14N2O2/c1-7-3-8(6-12-5-7)9(11)4-10(13)14-2/h3,5-6,9H,4,11H2,1-2H3/t9-/m1/s1. The van der Waals surface area contributed by atoms with Crippen molar-refractivity contribution in [1.82, 2.24) is 4.98 Å². The summed E-state index contributed by atoms with van der Waals surface area (Å²) in [7, 11) is 1.35. The molecule has 0 amide bonds. The van der Waals surface area contributed by atoms with Gasteiger partial charge in [-0.2, -0.15) is 0 Å². The number of rotatable bonds is 3. The van der Waals surface area contributed by atoms with Crippen LogP contribution in [-0.4, -0.2) is 18.1 Å². The van der Waals surface area contributed by atoms with Gasteiger partial charge < -0.3 is 10.5 Å². The summed E-state index contributed by atoms with van der Waals surface area (Å²) in [6, 6.07) is 1.58. The molecule has 1 rings (SSSR count). The summed E-state index contributed by atoms with van der Waals surface area (Å²) in [4.78, 5) is 15.0. The van der Waals surface area contributed by atoms with Gasteiger partial charge in [0, 0.05) is 18.4 Å². The highest BCUT2D eigenvalue weighted by Crippen LogP contribution is 2.14. The lowest BCUT2D eigenvalue weighted by Crippen LogP contribution is -2.16. The topological polar surface area (TPSA) is 65.2 Å². The number of carbonyl (C=O) groups excluding carboxylic acids is 1. The van der Waals surface area contributed by atoms with Gasteiger partial charge in [0.15, 0.2) is 0 Å². The van der Waals surface area contributed by atoms with Gasteiger partial charge >= 0.3 is 5.97 Å². The molecule has 0 aliphatic carbocycles. The molecule has 1 aromatic rings. The van der Waals surface area contributed by atoms with Gasteiger partial charge in [0.25, 0.3) is 0 Å². The van der Waals surface area contributed by atoms with Crippen LogP contribution in [0.1, 0.15) is 23.6 Å². The van der Waals surface area contributed by atoms with E-state index in [-0.39, 0.29) is 18.4 Å². The van der Waals surface area contributed by atoms with Crippen molar-refractivity contribution >= 4 is 5.97 Å². The van der Waals surface area contributed by atoms with Crippen molar-refractivity contribution in [3.63, 3.8) is 0 Å². The minimum absolute atomic E-state index is 0.182. The fraction of sp³-hybridized carbons (Fsp3) is 0.400. The molecule has 0 aliphatic rings. The first kappa shape index (κ1) is 10.7. The lowest BCUT2D eigenvalue weighted by atomic mass is 10.1. The van der Waals surface area contributed by atoms with E-state index in [0.717, 1.165) is 11.1 Å². The molecule has 0 saturated carbocycles. The van der Waals surface area contributed by atoms with Crippen LogP contribution in [0.25, 0.3) is 0 Å². The van der Waals surface area contributed by atoms with Crippen LogP contribution in [0, 0.1) is 6.92 Å². The number of carbonyl (C=O) groups is 1. The predicted molar refractivity (Wildman–Crippen MR) is 52.5 cm³/mol. The molecule has 0 aromatic carbocycles. The first-order valence-corrected chi connectivity index (χ1v) is 4.37. The molecule has 0 unspecified atom stereocenters. The lowest BCUT2D eigenvalue weighted by Gasteiger charge is -2.10. The molecule has 0 radical (unpaired) electrons. The molecule has 0 fully saturated rings. The summed E-state index contributed by atoms with van der Waals surface area (Å²) in [5.41, 5.74) is 7.69. The Balaban J connectivity index is 2.69. The molecule has 1 aromatic heterocycles. The summed E-state index contributed by atoms with van der Waals surface area (Å²) in [6.45, 7) is 1.93. The number of nitrogens with two attached hydrogens (primary N) is 1. The van der Waals surface area contributed by atoms with Crippen molar-refractivity contribution in [3.05, 3.63) is 29.6 Å². The van der Waals surface area contributed by atoms with Crippen molar-refractivity contribution in [2.45, 2.75) is 19.4 Å². The monoisotopic (exact) mass is 194 g/mol. The predicted octanol–water partition coefficient (Wildman–Crippen LogP) is 0.953. The first-order valence-electron chi connectivity index (χ1n) is 4.37. The zero-order valence-corrected chi connectivity index (χ0v) is 8.36. The number of nitrogens with zero attached hydrogens (tertiary/aromatic N) is 1. The van der Waals surface area contributed by atoms with Crippen LogP contribution < -0.4 is 5.73 Å². The number of pyridine rings is 1. The first-order chi connectivity index (χ1) is 6.63. The van der Waals surface area contributed by atoms with Gasteiger partial charge in [0.05, 0.1) is 13.5 Å². The van der Waals surface area contributed by atoms with Crippen LogP contribution >= 0.6 is 0 Å². The second-order valence-electron chi connectivity index (χ2n) is 3.18. The zero-order chi connectivity index (χ0) is 10.6. The Labute approximate surface area is 83.1 Å². The van der Waals surface area contributed by atoms with Crippen LogP contribution in [0.5, 0.6) is 0 Å². The maximum absolute atomic E-state index is 11.0. The highest BCUT2D eigenvalue weighted by molar-refractivity contribution is 5.70. The number of ether oxygens (including phenoxy) is 1. The normalized spacial score (nSPS) is 12.2. The third-order valence-corrected chi connectivity index (χ3v) is 1.94. The van der Waals surface area contributed by atoms with E-state index in [1.807, 2.05) is 13.0 Å². The SMILES string of the molecule is COC(=O)C[C@@H](N)c1cncc(C)c1. The van der Waals surface area contributed by atoms with Gasteiger partial charge in [-0.15, -0.1) is 0 Å². The molecule has 4 nitrogen and oxygen atoms in total. The van der Waals surface area contributed by atoms with Crippen LogP contribution in [0.3, 0.4) is 0 Å². The molecule has 14 heavy (non-hydrogen) atoms. The van der Waals surface area contributed by atoms with Crippen LogP contribution in [0.2, 0.25) is 0 Å². The Morgan fingerprint density at radius 1 is 1.64 bits per heavy atom. The molecule has 0 aliphatic heterocycles. The second-order valence-corrected chi connectivity index (χ2v) is 3.18. The smallest absolute Gasteiger partial charge is 0.307 e. The molecule has 0 spiro atoms. The molecule has 76 valence electrons. The quantitative estimate of drug-likeness (QED) is 0.727. The maximum Gasteiger partial charge on any atom is 0.307 e. The molecule has 1 atom stereocenters. The fourth-order valence-electron chi connectivity index (χ4n) is 1.16. The summed E-state index contributed by atoms with van der Waals surface area (Å²) in [5, 5.41) is 0. The summed E-state index contributed by atoms with van der Waals surface area (Å²) in [6.07, 6.45) is 3.59. The number of methoxy groups -OCH3 is 1. The average Bonchev–Trinajstić information content (AvgIpc) is 2.17. The summed E-state index contributed by atoms with van der Waals surface area (Å²) >= 11 is 0. The minimum Gasteiger partial charge on any atom is -0.469 e.